The van der Waals surface area contributed by atoms with Gasteiger partial charge in [0.05, 0.1) is 0 Å². The first-order chi connectivity index (χ1) is 12.4. The summed E-state index contributed by atoms with van der Waals surface area (Å²) in [7, 11) is 0. The van der Waals surface area contributed by atoms with Crippen molar-refractivity contribution in [3.05, 3.63) is 30.6 Å². The van der Waals surface area contributed by atoms with E-state index in [9.17, 15) is 0 Å². The minimum absolute atomic E-state index is 0.463. The molecule has 142 valence electrons. The molecule has 0 radical (unpaired) electrons. The average Bonchev–Trinajstić information content (AvgIpc) is 2.63. The van der Waals surface area contributed by atoms with Gasteiger partial charge in [-0.3, -0.25) is 0 Å². The predicted molar refractivity (Wildman–Crippen MR) is 113 cm³/mol. The summed E-state index contributed by atoms with van der Waals surface area (Å²) >= 11 is 1.88. The van der Waals surface area contributed by atoms with Crippen LogP contribution in [0.15, 0.2) is 30.6 Å². The van der Waals surface area contributed by atoms with Crippen LogP contribution in [0.4, 0.5) is 5.95 Å². The van der Waals surface area contributed by atoms with E-state index >= 15 is 0 Å². The number of hydrogen-bond donors (Lipinski definition) is 1. The van der Waals surface area contributed by atoms with Gasteiger partial charge in [-0.05, 0) is 44.4 Å². The summed E-state index contributed by atoms with van der Waals surface area (Å²) in [4.78, 5) is 8.54. The Labute approximate surface area is 159 Å². The summed E-state index contributed by atoms with van der Waals surface area (Å²) in [5, 5.41) is 3.46. The van der Waals surface area contributed by atoms with Gasteiger partial charge in [0.25, 0.3) is 0 Å². The van der Waals surface area contributed by atoms with Crippen LogP contribution in [0.2, 0.25) is 0 Å². The van der Waals surface area contributed by atoms with Gasteiger partial charge in [0.15, 0.2) is 0 Å². The van der Waals surface area contributed by atoms with Crippen LogP contribution in [-0.4, -0.2) is 28.0 Å². The Balaban J connectivity index is 2.03. The average molecular weight is 364 g/mol. The summed E-state index contributed by atoms with van der Waals surface area (Å²) in [6.07, 6.45) is 25.0. The maximum absolute atomic E-state index is 4.27. The largest absolute Gasteiger partial charge is 0.351 e. The molecule has 0 aliphatic rings. The number of nitrogens with one attached hydrogen (secondary N) is 1. The van der Waals surface area contributed by atoms with Crippen molar-refractivity contribution in [2.75, 3.05) is 17.3 Å². The number of rotatable bonds is 16. The van der Waals surface area contributed by atoms with E-state index in [2.05, 4.69) is 40.6 Å². The molecule has 1 N–H and O–H groups in total. The van der Waals surface area contributed by atoms with Crippen molar-refractivity contribution < 1.29 is 0 Å². The zero-order valence-electron chi connectivity index (χ0n) is 16.3. The van der Waals surface area contributed by atoms with Gasteiger partial charge in [-0.1, -0.05) is 57.6 Å². The van der Waals surface area contributed by atoms with Gasteiger partial charge < -0.3 is 5.32 Å². The third kappa shape index (κ3) is 12.9. The molecule has 0 saturated carbocycles. The van der Waals surface area contributed by atoms with Gasteiger partial charge in [0, 0.05) is 24.2 Å². The van der Waals surface area contributed by atoms with Gasteiger partial charge >= 0.3 is 0 Å². The lowest BCUT2D eigenvalue weighted by atomic mass is 10.1. The van der Waals surface area contributed by atoms with Crippen molar-refractivity contribution in [2.45, 2.75) is 83.6 Å². The molecule has 1 aromatic heterocycles. The molecule has 4 heteroatoms. The SMILES string of the molecule is CCCCCCCC/C=C\CCCCC(CSC)Nc1ncccn1. The summed E-state index contributed by atoms with van der Waals surface area (Å²) in [5.74, 6) is 1.85. The van der Waals surface area contributed by atoms with Gasteiger partial charge in [0.1, 0.15) is 0 Å². The lowest BCUT2D eigenvalue weighted by Crippen LogP contribution is -2.23. The van der Waals surface area contributed by atoms with Crippen molar-refractivity contribution in [1.29, 1.82) is 0 Å². The number of hydrogen-bond acceptors (Lipinski definition) is 4. The Bertz CT molecular complexity index is 422. The molecule has 1 unspecified atom stereocenters. The summed E-state index contributed by atoms with van der Waals surface area (Å²) in [6.45, 7) is 2.28. The third-order valence-corrected chi connectivity index (χ3v) is 5.07. The molecule has 0 bridgehead atoms. The van der Waals surface area contributed by atoms with Crippen LogP contribution >= 0.6 is 11.8 Å². The predicted octanol–water partition coefficient (Wildman–Crippen LogP) is 6.49. The Morgan fingerprint density at radius 1 is 0.960 bits per heavy atom. The molecule has 1 rings (SSSR count). The van der Waals surface area contributed by atoms with E-state index < -0.39 is 0 Å². The molecule has 3 nitrogen and oxygen atoms in total. The molecule has 0 saturated heterocycles. The maximum Gasteiger partial charge on any atom is 0.222 e. The lowest BCUT2D eigenvalue weighted by molar-refractivity contribution is 0.610. The van der Waals surface area contributed by atoms with E-state index in [1.165, 1.54) is 70.6 Å². The molecule has 0 aliphatic heterocycles. The number of thioether (sulfide) groups is 1. The van der Waals surface area contributed by atoms with E-state index in [-0.39, 0.29) is 0 Å². The van der Waals surface area contributed by atoms with E-state index in [1.54, 1.807) is 12.4 Å². The second-order valence-electron chi connectivity index (χ2n) is 6.68. The molecular weight excluding hydrogens is 326 g/mol. The van der Waals surface area contributed by atoms with Crippen molar-refractivity contribution >= 4 is 17.7 Å². The van der Waals surface area contributed by atoms with Gasteiger partial charge in [-0.25, -0.2) is 9.97 Å². The van der Waals surface area contributed by atoms with E-state index in [4.69, 9.17) is 0 Å². The molecule has 1 atom stereocenters. The Morgan fingerprint density at radius 2 is 1.60 bits per heavy atom. The molecule has 0 amide bonds. The molecule has 1 aromatic rings. The normalized spacial score (nSPS) is 12.6. The number of aromatic nitrogens is 2. The number of nitrogens with zero attached hydrogens (tertiary/aromatic N) is 2. The lowest BCUT2D eigenvalue weighted by Gasteiger charge is -2.17. The summed E-state index contributed by atoms with van der Waals surface area (Å²) < 4.78 is 0. The van der Waals surface area contributed by atoms with Crippen molar-refractivity contribution in [1.82, 2.24) is 9.97 Å². The summed E-state index contributed by atoms with van der Waals surface area (Å²) in [5.41, 5.74) is 0. The highest BCUT2D eigenvalue weighted by atomic mass is 32.2. The zero-order chi connectivity index (χ0) is 18.0. The van der Waals surface area contributed by atoms with Crippen LogP contribution in [-0.2, 0) is 0 Å². The minimum atomic E-state index is 0.463. The highest BCUT2D eigenvalue weighted by molar-refractivity contribution is 7.98. The zero-order valence-corrected chi connectivity index (χ0v) is 17.1. The smallest absolute Gasteiger partial charge is 0.222 e. The fourth-order valence-corrected chi connectivity index (χ4v) is 3.54. The highest BCUT2D eigenvalue weighted by Gasteiger charge is 2.08. The minimum Gasteiger partial charge on any atom is -0.351 e. The first-order valence-electron chi connectivity index (χ1n) is 10.0. The molecule has 1 heterocycles. The van der Waals surface area contributed by atoms with Crippen LogP contribution in [0.25, 0.3) is 0 Å². The molecule has 0 fully saturated rings. The second kappa shape index (κ2) is 16.4. The molecule has 0 spiro atoms. The Kier molecular flexibility index (Phi) is 14.5. The fourth-order valence-electron chi connectivity index (χ4n) is 2.89. The molecular formula is C21H37N3S. The van der Waals surface area contributed by atoms with Crippen LogP contribution < -0.4 is 5.32 Å². The van der Waals surface area contributed by atoms with Crippen molar-refractivity contribution in [3.8, 4) is 0 Å². The Hall–Kier alpha value is -1.03. The van der Waals surface area contributed by atoms with Crippen molar-refractivity contribution in [3.63, 3.8) is 0 Å². The number of unbranched alkanes of at least 4 members (excludes halogenated alkanes) is 8. The molecule has 25 heavy (non-hydrogen) atoms. The summed E-state index contributed by atoms with van der Waals surface area (Å²) in [6, 6.07) is 2.32. The standard InChI is InChI=1S/C21H37N3S/c1-3-4-5-6-7-8-9-10-11-12-13-14-16-20(19-25-2)24-21-22-17-15-18-23-21/h10-11,15,17-18,20H,3-9,12-14,16,19H2,1-2H3,(H,22,23,24)/b11-10-. The topological polar surface area (TPSA) is 37.8 Å². The fraction of sp³-hybridized carbons (Fsp3) is 0.714. The highest BCUT2D eigenvalue weighted by Crippen LogP contribution is 2.13. The van der Waals surface area contributed by atoms with E-state index in [0.29, 0.717) is 6.04 Å². The third-order valence-electron chi connectivity index (χ3n) is 4.33. The monoisotopic (exact) mass is 363 g/mol. The van der Waals surface area contributed by atoms with Crippen LogP contribution in [0.5, 0.6) is 0 Å². The number of anilines is 1. The molecule has 0 aromatic carbocycles. The van der Waals surface area contributed by atoms with E-state index in [0.717, 1.165) is 11.7 Å². The van der Waals surface area contributed by atoms with Gasteiger partial charge in [-0.2, -0.15) is 11.8 Å². The van der Waals surface area contributed by atoms with Crippen LogP contribution in [0.1, 0.15) is 77.6 Å². The van der Waals surface area contributed by atoms with Gasteiger partial charge in [-0.15, -0.1) is 0 Å². The maximum atomic E-state index is 4.27. The number of allylic oxidation sites excluding steroid dienone is 2. The van der Waals surface area contributed by atoms with Crippen LogP contribution in [0, 0.1) is 0 Å². The quantitative estimate of drug-likeness (QED) is 0.269. The first kappa shape index (κ1) is 22.0. The molecule has 0 aliphatic carbocycles. The van der Waals surface area contributed by atoms with E-state index in [1.807, 2.05) is 17.8 Å². The first-order valence-corrected chi connectivity index (χ1v) is 11.4. The Morgan fingerprint density at radius 3 is 2.28 bits per heavy atom. The van der Waals surface area contributed by atoms with Crippen molar-refractivity contribution in [2.24, 2.45) is 0 Å². The van der Waals surface area contributed by atoms with Crippen LogP contribution in [0.3, 0.4) is 0 Å². The van der Waals surface area contributed by atoms with Gasteiger partial charge in [0.2, 0.25) is 5.95 Å². The second-order valence-corrected chi connectivity index (χ2v) is 7.59.